The molecule has 0 spiro atoms. The molecular formula is C19H16F2N2. The molecule has 0 fully saturated rings. The van der Waals surface area contributed by atoms with Crippen LogP contribution < -0.4 is 0 Å². The molecule has 0 aliphatic heterocycles. The van der Waals surface area contributed by atoms with Gasteiger partial charge in [0.05, 0.1) is 16.7 Å². The average Bonchev–Trinajstić information content (AvgIpc) is 2.97. The van der Waals surface area contributed by atoms with Gasteiger partial charge in [-0.05, 0) is 32.0 Å². The third-order valence-electron chi connectivity index (χ3n) is 4.58. The van der Waals surface area contributed by atoms with Crippen molar-refractivity contribution in [2.75, 3.05) is 0 Å². The summed E-state index contributed by atoms with van der Waals surface area (Å²) < 4.78 is 32.5. The number of aromatic nitrogens is 2. The highest BCUT2D eigenvalue weighted by Gasteiger charge is 2.17. The highest BCUT2D eigenvalue weighted by atomic mass is 19.1. The van der Waals surface area contributed by atoms with E-state index in [0.717, 1.165) is 16.4 Å². The highest BCUT2D eigenvalue weighted by molar-refractivity contribution is 5.84. The standard InChI is InChI=1S/C19H16F2N2/c1-12-14-7-3-5-9-16(14)23(19(12)21)11-22-13(2)18(20)15-8-4-6-10-17(15)22/h3-10H,11H2,1-2H3. The maximum atomic E-state index is 14.7. The summed E-state index contributed by atoms with van der Waals surface area (Å²) >= 11 is 0. The molecule has 0 bridgehead atoms. The number of halogens is 2. The lowest BCUT2D eigenvalue weighted by molar-refractivity contribution is 0.473. The van der Waals surface area contributed by atoms with Crippen molar-refractivity contribution in [3.63, 3.8) is 0 Å². The molecule has 2 heterocycles. The first-order valence-electron chi connectivity index (χ1n) is 7.56. The molecule has 4 aromatic rings. The Morgan fingerprint density at radius 3 is 2.04 bits per heavy atom. The van der Waals surface area contributed by atoms with Crippen molar-refractivity contribution in [1.29, 1.82) is 0 Å². The van der Waals surface area contributed by atoms with E-state index >= 15 is 0 Å². The van der Waals surface area contributed by atoms with E-state index in [1.165, 1.54) is 0 Å². The van der Waals surface area contributed by atoms with Gasteiger partial charge in [-0.15, -0.1) is 0 Å². The minimum Gasteiger partial charge on any atom is -0.323 e. The molecule has 0 atom stereocenters. The zero-order valence-corrected chi connectivity index (χ0v) is 13.0. The summed E-state index contributed by atoms with van der Waals surface area (Å²) in [6.07, 6.45) is 0. The van der Waals surface area contributed by atoms with Crippen LogP contribution >= 0.6 is 0 Å². The third-order valence-corrected chi connectivity index (χ3v) is 4.58. The summed E-state index contributed by atoms with van der Waals surface area (Å²) in [5, 5.41) is 1.46. The summed E-state index contributed by atoms with van der Waals surface area (Å²) in [4.78, 5) is 0. The van der Waals surface area contributed by atoms with E-state index in [0.29, 0.717) is 16.6 Å². The molecule has 0 radical (unpaired) electrons. The molecular weight excluding hydrogens is 294 g/mol. The second-order valence-electron chi connectivity index (χ2n) is 5.85. The first kappa shape index (κ1) is 14.0. The zero-order valence-electron chi connectivity index (χ0n) is 13.0. The van der Waals surface area contributed by atoms with Crippen LogP contribution in [0.15, 0.2) is 48.5 Å². The minimum absolute atomic E-state index is 0.241. The Morgan fingerprint density at radius 2 is 1.35 bits per heavy atom. The number of hydrogen-bond acceptors (Lipinski definition) is 0. The second-order valence-corrected chi connectivity index (χ2v) is 5.85. The van der Waals surface area contributed by atoms with Crippen molar-refractivity contribution < 1.29 is 8.78 Å². The highest BCUT2D eigenvalue weighted by Crippen LogP contribution is 2.28. The van der Waals surface area contributed by atoms with Crippen LogP contribution in [0.2, 0.25) is 0 Å². The maximum Gasteiger partial charge on any atom is 0.199 e. The van der Waals surface area contributed by atoms with Crippen molar-refractivity contribution in [2.24, 2.45) is 0 Å². The third kappa shape index (κ3) is 1.91. The van der Waals surface area contributed by atoms with Crippen LogP contribution in [0.25, 0.3) is 21.8 Å². The quantitative estimate of drug-likeness (QED) is 0.493. The Balaban J connectivity index is 1.96. The van der Waals surface area contributed by atoms with E-state index in [1.54, 1.807) is 24.5 Å². The van der Waals surface area contributed by atoms with Crippen LogP contribution in [0.4, 0.5) is 8.78 Å². The molecule has 0 saturated carbocycles. The summed E-state index contributed by atoms with van der Waals surface area (Å²) in [5.41, 5.74) is 2.73. The smallest absolute Gasteiger partial charge is 0.199 e. The lowest BCUT2D eigenvalue weighted by atomic mass is 10.2. The summed E-state index contributed by atoms with van der Waals surface area (Å²) in [6, 6.07) is 14.9. The molecule has 0 unspecified atom stereocenters. The fourth-order valence-electron chi connectivity index (χ4n) is 3.30. The Morgan fingerprint density at radius 1 is 0.783 bits per heavy atom. The summed E-state index contributed by atoms with van der Waals surface area (Å²) in [6.45, 7) is 3.75. The molecule has 0 N–H and O–H groups in total. The van der Waals surface area contributed by atoms with Gasteiger partial charge < -0.3 is 4.57 Å². The number of benzene rings is 2. The van der Waals surface area contributed by atoms with E-state index in [9.17, 15) is 8.78 Å². The number of para-hydroxylation sites is 2. The van der Waals surface area contributed by atoms with Gasteiger partial charge in [0.2, 0.25) is 0 Å². The second kappa shape index (κ2) is 4.95. The van der Waals surface area contributed by atoms with Crippen LogP contribution in [0, 0.1) is 25.6 Å². The van der Waals surface area contributed by atoms with E-state index in [1.807, 2.05) is 47.0 Å². The SMILES string of the molecule is Cc1c(F)n(Cn2c(C)c(F)c3ccccc32)c2ccccc12. The monoisotopic (exact) mass is 310 g/mol. The first-order chi connectivity index (χ1) is 11.1. The van der Waals surface area contributed by atoms with Crippen molar-refractivity contribution in [3.05, 3.63) is 71.6 Å². The minimum atomic E-state index is -0.274. The molecule has 2 aromatic carbocycles. The van der Waals surface area contributed by atoms with E-state index in [2.05, 4.69) is 0 Å². The number of hydrogen-bond donors (Lipinski definition) is 0. The van der Waals surface area contributed by atoms with E-state index in [4.69, 9.17) is 0 Å². The Labute approximate surface area is 132 Å². The predicted octanol–water partition coefficient (Wildman–Crippen LogP) is 5.00. The van der Waals surface area contributed by atoms with Crippen LogP contribution in [-0.2, 0) is 6.67 Å². The fraction of sp³-hybridized carbons (Fsp3) is 0.158. The van der Waals surface area contributed by atoms with Crippen molar-refractivity contribution in [1.82, 2.24) is 9.13 Å². The molecule has 4 rings (SSSR count). The topological polar surface area (TPSA) is 9.86 Å². The molecule has 0 amide bonds. The molecule has 2 nitrogen and oxygen atoms in total. The van der Waals surface area contributed by atoms with Crippen LogP contribution in [-0.4, -0.2) is 9.13 Å². The lowest BCUT2D eigenvalue weighted by Gasteiger charge is -2.11. The van der Waals surface area contributed by atoms with Crippen molar-refractivity contribution >= 4 is 21.8 Å². The van der Waals surface area contributed by atoms with Crippen LogP contribution in [0.3, 0.4) is 0 Å². The van der Waals surface area contributed by atoms with Gasteiger partial charge in [-0.25, -0.2) is 4.39 Å². The average molecular weight is 310 g/mol. The summed E-state index contributed by atoms with van der Waals surface area (Å²) in [5.74, 6) is -0.516. The van der Waals surface area contributed by atoms with Crippen LogP contribution in [0.1, 0.15) is 11.3 Å². The molecule has 4 heteroatoms. The molecule has 116 valence electrons. The van der Waals surface area contributed by atoms with Gasteiger partial charge in [-0.2, -0.15) is 4.39 Å². The molecule has 0 aliphatic carbocycles. The van der Waals surface area contributed by atoms with Gasteiger partial charge in [0, 0.05) is 16.3 Å². The van der Waals surface area contributed by atoms with Gasteiger partial charge in [0.25, 0.3) is 0 Å². The van der Waals surface area contributed by atoms with Gasteiger partial charge in [0.15, 0.2) is 11.8 Å². The Hall–Kier alpha value is -2.62. The van der Waals surface area contributed by atoms with Crippen molar-refractivity contribution in [3.8, 4) is 0 Å². The predicted molar refractivity (Wildman–Crippen MR) is 88.7 cm³/mol. The number of fused-ring (bicyclic) bond motifs is 2. The Bertz CT molecular complexity index is 957. The van der Waals surface area contributed by atoms with E-state index < -0.39 is 0 Å². The number of aryl methyl sites for hydroxylation is 1. The Kier molecular flexibility index (Phi) is 3.01. The van der Waals surface area contributed by atoms with Crippen LogP contribution in [0.5, 0.6) is 0 Å². The number of nitrogens with zero attached hydrogens (tertiary/aromatic N) is 2. The van der Waals surface area contributed by atoms with Gasteiger partial charge in [-0.1, -0.05) is 30.3 Å². The van der Waals surface area contributed by atoms with Gasteiger partial charge in [-0.3, -0.25) is 4.57 Å². The molecule has 0 aliphatic rings. The molecule has 0 saturated heterocycles. The van der Waals surface area contributed by atoms with Gasteiger partial charge in [0.1, 0.15) is 6.67 Å². The van der Waals surface area contributed by atoms with Gasteiger partial charge >= 0.3 is 0 Å². The number of rotatable bonds is 2. The molecule has 2 aromatic heterocycles. The van der Waals surface area contributed by atoms with E-state index in [-0.39, 0.29) is 18.4 Å². The normalized spacial score (nSPS) is 11.7. The largest absolute Gasteiger partial charge is 0.323 e. The lowest BCUT2D eigenvalue weighted by Crippen LogP contribution is -2.11. The first-order valence-corrected chi connectivity index (χ1v) is 7.56. The zero-order chi connectivity index (χ0) is 16.1. The summed E-state index contributed by atoms with van der Waals surface area (Å²) in [7, 11) is 0. The van der Waals surface area contributed by atoms with Crippen molar-refractivity contribution in [2.45, 2.75) is 20.5 Å². The maximum absolute atomic E-state index is 14.7. The fourth-order valence-corrected chi connectivity index (χ4v) is 3.30. The molecule has 23 heavy (non-hydrogen) atoms.